The van der Waals surface area contributed by atoms with Crippen LogP contribution in [0.1, 0.15) is 71.6 Å². The molecular weight excluding hydrogens is 463 g/mol. The Kier molecular flexibility index (Phi) is 8.31. The average molecular weight is 505 g/mol. The van der Waals surface area contributed by atoms with Crippen LogP contribution in [-0.4, -0.2) is 61.8 Å². The Hall–Kier alpha value is -0.0800. The van der Waals surface area contributed by atoms with Crippen molar-refractivity contribution in [3.05, 3.63) is 0 Å². The Morgan fingerprint density at radius 3 is 2.54 bits per heavy atom. The number of piperidine rings is 1. The molecule has 0 aromatic heterocycles. The minimum atomic E-state index is 0. The van der Waals surface area contributed by atoms with E-state index in [4.69, 9.17) is 9.73 Å². The fourth-order valence-electron chi connectivity index (χ4n) is 6.22. The zero-order valence-electron chi connectivity index (χ0n) is 17.9. The van der Waals surface area contributed by atoms with E-state index in [9.17, 15) is 0 Å². The Morgan fingerprint density at radius 1 is 1.11 bits per heavy atom. The van der Waals surface area contributed by atoms with Crippen molar-refractivity contribution in [3.8, 4) is 0 Å². The van der Waals surface area contributed by atoms with Gasteiger partial charge in [0, 0.05) is 49.7 Å². The number of fused-ring (bicyclic) bond motifs is 2. The molecule has 3 atom stereocenters. The van der Waals surface area contributed by atoms with Crippen LogP contribution in [-0.2, 0) is 4.74 Å². The predicted molar refractivity (Wildman–Crippen MR) is 127 cm³/mol. The summed E-state index contributed by atoms with van der Waals surface area (Å²) in [5, 5.41) is 7.69. The Labute approximate surface area is 188 Å². The average Bonchev–Trinajstić information content (AvgIpc) is 3.34. The maximum Gasteiger partial charge on any atom is 0.191 e. The van der Waals surface area contributed by atoms with E-state index in [2.05, 4.69) is 29.4 Å². The van der Waals surface area contributed by atoms with Gasteiger partial charge in [0.05, 0.1) is 6.10 Å². The lowest BCUT2D eigenvalue weighted by molar-refractivity contribution is -0.125. The summed E-state index contributed by atoms with van der Waals surface area (Å²) >= 11 is 0. The lowest BCUT2D eigenvalue weighted by Crippen LogP contribution is -2.69. The van der Waals surface area contributed by atoms with Gasteiger partial charge in [-0.1, -0.05) is 26.2 Å². The number of nitrogens with one attached hydrogen (secondary N) is 2. The van der Waals surface area contributed by atoms with E-state index in [-0.39, 0.29) is 24.0 Å². The van der Waals surface area contributed by atoms with Crippen molar-refractivity contribution in [2.24, 2.45) is 16.3 Å². The van der Waals surface area contributed by atoms with E-state index in [1.165, 1.54) is 77.4 Å². The second-order valence-corrected chi connectivity index (χ2v) is 9.24. The summed E-state index contributed by atoms with van der Waals surface area (Å²) in [7, 11) is 0. The minimum Gasteiger partial charge on any atom is -0.377 e. The molecule has 0 amide bonds. The molecule has 0 aromatic carbocycles. The number of likely N-dealkylation sites (tertiary alicyclic amines) is 1. The predicted octanol–water partition coefficient (Wildman–Crippen LogP) is 3.77. The molecule has 2 saturated heterocycles. The molecule has 6 heteroatoms. The third kappa shape index (κ3) is 4.48. The van der Waals surface area contributed by atoms with Crippen LogP contribution in [0.5, 0.6) is 0 Å². The van der Waals surface area contributed by atoms with E-state index in [0.717, 1.165) is 19.1 Å². The number of nitrogens with zero attached hydrogens (tertiary/aromatic N) is 2. The summed E-state index contributed by atoms with van der Waals surface area (Å²) in [6, 6.07) is 1.13. The van der Waals surface area contributed by atoms with E-state index >= 15 is 0 Å². The van der Waals surface area contributed by atoms with Crippen LogP contribution < -0.4 is 10.6 Å². The van der Waals surface area contributed by atoms with Gasteiger partial charge in [-0.05, 0) is 52.0 Å². The summed E-state index contributed by atoms with van der Waals surface area (Å²) in [6.07, 6.45) is 12.2. The normalized spacial score (nSPS) is 32.6. The van der Waals surface area contributed by atoms with Crippen LogP contribution in [0.4, 0.5) is 0 Å². The second-order valence-electron chi connectivity index (χ2n) is 9.24. The van der Waals surface area contributed by atoms with Crippen molar-refractivity contribution < 1.29 is 4.74 Å². The van der Waals surface area contributed by atoms with Crippen molar-refractivity contribution >= 4 is 29.9 Å². The number of ether oxygens (including phenoxy) is 1. The SMILES string of the molecule is CCCCN1CCC(NC(=NCC)NC2C3CCOC3C23CCCC3)CC1.I. The molecule has 162 valence electrons. The molecule has 2 N–H and O–H groups in total. The largest absolute Gasteiger partial charge is 0.377 e. The molecule has 2 aliphatic heterocycles. The number of hydrogen-bond donors (Lipinski definition) is 2. The zero-order chi connectivity index (χ0) is 18.7. The molecule has 4 rings (SSSR count). The first-order valence-electron chi connectivity index (χ1n) is 11.7. The number of halogens is 1. The van der Waals surface area contributed by atoms with Gasteiger partial charge in [-0.3, -0.25) is 4.99 Å². The Bertz CT molecular complexity index is 515. The van der Waals surface area contributed by atoms with Crippen molar-refractivity contribution in [2.45, 2.75) is 89.8 Å². The van der Waals surface area contributed by atoms with E-state index < -0.39 is 0 Å². The molecule has 0 radical (unpaired) electrons. The molecule has 28 heavy (non-hydrogen) atoms. The first-order chi connectivity index (χ1) is 13.3. The minimum absolute atomic E-state index is 0. The second kappa shape index (κ2) is 10.3. The van der Waals surface area contributed by atoms with Crippen molar-refractivity contribution in [2.75, 3.05) is 32.8 Å². The summed E-state index contributed by atoms with van der Waals surface area (Å²) in [5.41, 5.74) is 0.390. The van der Waals surface area contributed by atoms with Crippen LogP contribution in [0.3, 0.4) is 0 Å². The number of hydrogen-bond acceptors (Lipinski definition) is 3. The van der Waals surface area contributed by atoms with Gasteiger partial charge in [0.25, 0.3) is 0 Å². The number of unbranched alkanes of at least 4 members (excludes halogenated alkanes) is 1. The summed E-state index contributed by atoms with van der Waals surface area (Å²) in [4.78, 5) is 7.45. The number of aliphatic imine (C=N–C) groups is 1. The lowest BCUT2D eigenvalue weighted by atomic mass is 9.54. The van der Waals surface area contributed by atoms with E-state index in [0.29, 0.717) is 29.5 Å². The topological polar surface area (TPSA) is 48.9 Å². The third-order valence-electron chi connectivity index (χ3n) is 7.65. The molecule has 0 aromatic rings. The van der Waals surface area contributed by atoms with E-state index in [1.807, 2.05) is 0 Å². The van der Waals surface area contributed by atoms with Crippen LogP contribution in [0.15, 0.2) is 4.99 Å². The van der Waals surface area contributed by atoms with Crippen LogP contribution in [0, 0.1) is 11.3 Å². The van der Waals surface area contributed by atoms with Gasteiger partial charge in [0.1, 0.15) is 0 Å². The molecular formula is C22H41IN4O. The van der Waals surface area contributed by atoms with Crippen molar-refractivity contribution in [3.63, 3.8) is 0 Å². The highest BCUT2D eigenvalue weighted by Gasteiger charge is 2.65. The highest BCUT2D eigenvalue weighted by Crippen LogP contribution is 2.60. The zero-order valence-corrected chi connectivity index (χ0v) is 20.3. The first kappa shape index (κ1) is 22.6. The maximum atomic E-state index is 6.15. The fourth-order valence-corrected chi connectivity index (χ4v) is 6.22. The number of rotatable bonds is 6. The molecule has 4 fully saturated rings. The molecule has 2 saturated carbocycles. The smallest absolute Gasteiger partial charge is 0.191 e. The highest BCUT2D eigenvalue weighted by atomic mass is 127. The lowest BCUT2D eigenvalue weighted by Gasteiger charge is -2.57. The molecule has 5 nitrogen and oxygen atoms in total. The standard InChI is InChI=1S/C22H40N4O.HI/c1-3-5-13-26-14-8-17(9-15-26)24-21(23-4-2)25-19-18-10-16-27-20(18)22(19)11-6-7-12-22;/h17-20H,3-16H2,1-2H3,(H2,23,24,25);1H. The summed E-state index contributed by atoms with van der Waals surface area (Å²) in [5.74, 6) is 1.76. The van der Waals surface area contributed by atoms with Crippen LogP contribution in [0.2, 0.25) is 0 Å². The maximum absolute atomic E-state index is 6.15. The monoisotopic (exact) mass is 504 g/mol. The van der Waals surface area contributed by atoms with Crippen LogP contribution >= 0.6 is 24.0 Å². The summed E-state index contributed by atoms with van der Waals surface area (Å²) < 4.78 is 6.15. The van der Waals surface area contributed by atoms with Gasteiger partial charge in [-0.2, -0.15) is 0 Å². The quantitative estimate of drug-likeness (QED) is 0.329. The van der Waals surface area contributed by atoms with Crippen LogP contribution in [0.25, 0.3) is 0 Å². The first-order valence-corrected chi connectivity index (χ1v) is 11.7. The molecule has 2 heterocycles. The molecule has 4 aliphatic rings. The fraction of sp³-hybridized carbons (Fsp3) is 0.955. The Balaban J connectivity index is 0.00000225. The third-order valence-corrected chi connectivity index (χ3v) is 7.65. The molecule has 0 bridgehead atoms. The highest BCUT2D eigenvalue weighted by molar-refractivity contribution is 14.0. The Morgan fingerprint density at radius 2 is 1.86 bits per heavy atom. The molecule has 3 unspecified atom stereocenters. The molecule has 2 aliphatic carbocycles. The van der Waals surface area contributed by atoms with Gasteiger partial charge in [0.15, 0.2) is 5.96 Å². The number of guanidine groups is 1. The van der Waals surface area contributed by atoms with Gasteiger partial charge in [-0.15, -0.1) is 24.0 Å². The summed E-state index contributed by atoms with van der Waals surface area (Å²) in [6.45, 7) is 9.94. The molecule has 1 spiro atoms. The van der Waals surface area contributed by atoms with Gasteiger partial charge in [0.2, 0.25) is 0 Å². The van der Waals surface area contributed by atoms with Gasteiger partial charge >= 0.3 is 0 Å². The van der Waals surface area contributed by atoms with Gasteiger partial charge in [-0.25, -0.2) is 0 Å². The van der Waals surface area contributed by atoms with E-state index in [1.54, 1.807) is 0 Å². The van der Waals surface area contributed by atoms with Crippen molar-refractivity contribution in [1.82, 2.24) is 15.5 Å². The van der Waals surface area contributed by atoms with Gasteiger partial charge < -0.3 is 20.3 Å². The van der Waals surface area contributed by atoms with Crippen molar-refractivity contribution in [1.29, 1.82) is 0 Å².